The van der Waals surface area contributed by atoms with Crippen molar-refractivity contribution in [1.82, 2.24) is 19.0 Å². The highest BCUT2D eigenvalue weighted by atomic mass is 32.1. The van der Waals surface area contributed by atoms with Gasteiger partial charge in [-0.05, 0) is 62.8 Å². The zero-order valence-corrected chi connectivity index (χ0v) is 24.9. The molecule has 2 aliphatic rings. The molecular formula is C30H33FN4O7S. The number of amides is 1. The number of aromatic nitrogens is 3. The molecule has 2 fully saturated rings. The van der Waals surface area contributed by atoms with E-state index in [0.717, 1.165) is 4.57 Å². The summed E-state index contributed by atoms with van der Waals surface area (Å²) in [5.41, 5.74) is -0.229. The van der Waals surface area contributed by atoms with E-state index in [-0.39, 0.29) is 23.9 Å². The minimum Gasteiger partial charge on any atom is -0.496 e. The van der Waals surface area contributed by atoms with Crippen molar-refractivity contribution in [2.75, 3.05) is 20.7 Å². The summed E-state index contributed by atoms with van der Waals surface area (Å²) in [4.78, 5) is 48.1. The van der Waals surface area contributed by atoms with Crippen molar-refractivity contribution in [3.05, 3.63) is 68.4 Å². The molecule has 11 nitrogen and oxygen atoms in total. The summed E-state index contributed by atoms with van der Waals surface area (Å²) < 4.78 is 34.8. The molecule has 4 aromatic rings. The van der Waals surface area contributed by atoms with Crippen LogP contribution in [0.3, 0.4) is 0 Å². The zero-order chi connectivity index (χ0) is 30.4. The van der Waals surface area contributed by atoms with Gasteiger partial charge >= 0.3 is 5.69 Å². The topological polar surface area (TPSA) is 129 Å². The Kier molecular flexibility index (Phi) is 7.96. The van der Waals surface area contributed by atoms with Crippen LogP contribution in [0, 0.1) is 12.7 Å². The van der Waals surface area contributed by atoms with Crippen LogP contribution in [0.25, 0.3) is 21.0 Å². The third-order valence-electron chi connectivity index (χ3n) is 8.47. The van der Waals surface area contributed by atoms with E-state index in [1.54, 1.807) is 14.0 Å². The van der Waals surface area contributed by atoms with Crippen molar-refractivity contribution < 1.29 is 28.2 Å². The predicted octanol–water partition coefficient (Wildman–Crippen LogP) is 3.80. The number of nitrogens with zero attached hydrogens (tertiary/aromatic N) is 4. The average molecular weight is 613 g/mol. The van der Waals surface area contributed by atoms with Crippen LogP contribution in [0.4, 0.5) is 4.39 Å². The third-order valence-corrected chi connectivity index (χ3v) is 9.77. The molecule has 4 heterocycles. The number of aliphatic hydroxyl groups excluding tert-OH is 1. The number of carbonyl (C=O) groups excluding carboxylic acids is 1. The first-order valence-corrected chi connectivity index (χ1v) is 15.1. The molecule has 1 saturated heterocycles. The number of aryl methyl sites for hydroxylation is 1. The number of methoxy groups -OCH3 is 1. The number of benzene rings is 1. The van der Waals surface area contributed by atoms with Gasteiger partial charge in [-0.15, -0.1) is 11.3 Å². The van der Waals surface area contributed by atoms with Crippen LogP contribution < -0.4 is 16.0 Å². The first-order chi connectivity index (χ1) is 20.7. The first kappa shape index (κ1) is 29.3. The lowest BCUT2D eigenvalue weighted by Crippen LogP contribution is -2.45. The number of oxazole rings is 1. The summed E-state index contributed by atoms with van der Waals surface area (Å²) >= 11 is 1.19. The number of fused-ring (bicyclic) bond motifs is 1. The predicted molar refractivity (Wildman–Crippen MR) is 157 cm³/mol. The molecule has 0 bridgehead atoms. The lowest BCUT2D eigenvalue weighted by Gasteiger charge is -2.31. The summed E-state index contributed by atoms with van der Waals surface area (Å²) in [6.45, 7) is 2.09. The Morgan fingerprint density at radius 2 is 1.95 bits per heavy atom. The SMILES string of the molecule is COc1ccc(F)cc1[C@H](Cn1c(=O)n([C@H]2CCN(C)C2=O)c(=O)c2c(C)c(-c3ncco3)sc21)O[C@H]1CC[C@@H](O)CC1. The average Bonchev–Trinajstić information content (AvgIpc) is 3.72. The highest BCUT2D eigenvalue weighted by Crippen LogP contribution is 2.38. The Balaban J connectivity index is 1.55. The number of halogens is 1. The quantitative estimate of drug-likeness (QED) is 0.318. The van der Waals surface area contributed by atoms with Crippen LogP contribution in [-0.2, 0) is 16.1 Å². The van der Waals surface area contributed by atoms with Crippen molar-refractivity contribution in [2.24, 2.45) is 0 Å². The Morgan fingerprint density at radius 3 is 2.60 bits per heavy atom. The number of likely N-dealkylation sites (N-methyl/N-ethyl adjacent to an activating group) is 1. The Labute approximate surface area is 250 Å². The van der Waals surface area contributed by atoms with Gasteiger partial charge in [-0.2, -0.15) is 0 Å². The summed E-state index contributed by atoms with van der Waals surface area (Å²) in [6.07, 6.45) is 4.04. The van der Waals surface area contributed by atoms with Crippen LogP contribution in [-0.4, -0.2) is 62.9 Å². The second-order valence-electron chi connectivity index (χ2n) is 11.1. The van der Waals surface area contributed by atoms with Gasteiger partial charge in [0.15, 0.2) is 0 Å². The van der Waals surface area contributed by atoms with Crippen molar-refractivity contribution in [3.63, 3.8) is 0 Å². The smallest absolute Gasteiger partial charge is 0.332 e. The maximum atomic E-state index is 14.6. The maximum Gasteiger partial charge on any atom is 0.332 e. The molecule has 1 aromatic carbocycles. The van der Waals surface area contributed by atoms with Gasteiger partial charge in [0.1, 0.15) is 34.8 Å². The number of rotatable bonds is 8. The Hall–Kier alpha value is -3.81. The summed E-state index contributed by atoms with van der Waals surface area (Å²) in [5, 5.41) is 10.3. The summed E-state index contributed by atoms with van der Waals surface area (Å²) in [5.74, 6) is -0.120. The van der Waals surface area contributed by atoms with E-state index in [4.69, 9.17) is 13.9 Å². The molecule has 6 rings (SSSR count). The molecule has 3 aromatic heterocycles. The largest absolute Gasteiger partial charge is 0.496 e. The highest BCUT2D eigenvalue weighted by Gasteiger charge is 2.36. The molecule has 1 N–H and O–H groups in total. The molecule has 1 saturated carbocycles. The Bertz CT molecular complexity index is 1770. The second-order valence-corrected chi connectivity index (χ2v) is 12.1. The maximum absolute atomic E-state index is 14.6. The molecule has 1 amide bonds. The van der Waals surface area contributed by atoms with Crippen molar-refractivity contribution in [3.8, 4) is 16.5 Å². The third kappa shape index (κ3) is 5.30. The monoisotopic (exact) mass is 612 g/mol. The molecule has 43 heavy (non-hydrogen) atoms. The molecule has 0 radical (unpaired) electrons. The van der Waals surface area contributed by atoms with Crippen LogP contribution in [0.15, 0.2) is 44.7 Å². The molecule has 1 aliphatic carbocycles. The van der Waals surface area contributed by atoms with E-state index in [1.165, 1.54) is 58.6 Å². The van der Waals surface area contributed by atoms with Gasteiger partial charge in [0.2, 0.25) is 11.8 Å². The van der Waals surface area contributed by atoms with Crippen molar-refractivity contribution in [1.29, 1.82) is 0 Å². The summed E-state index contributed by atoms with van der Waals surface area (Å²) in [6, 6.07) is 3.17. The lowest BCUT2D eigenvalue weighted by molar-refractivity contribution is -0.129. The van der Waals surface area contributed by atoms with Gasteiger partial charge < -0.3 is 23.9 Å². The highest BCUT2D eigenvalue weighted by molar-refractivity contribution is 7.22. The first-order valence-electron chi connectivity index (χ1n) is 14.3. The van der Waals surface area contributed by atoms with Crippen molar-refractivity contribution >= 4 is 27.5 Å². The van der Waals surface area contributed by atoms with Gasteiger partial charge in [0.05, 0.1) is 42.3 Å². The standard InChI is InChI=1S/C30H33FN4O7S/c1-16-24-28(38)35(21-10-12-33(2)27(21)37)30(39)34(29(24)43-25(16)26-32-11-13-41-26)15-23(42-19-7-5-18(36)6-8-19)20-14-17(31)4-9-22(20)40-3/h4,9,11,13-14,18-19,21,23,36H,5-8,10,12,15H2,1-3H3/t18-,19+,21-,23-/m0/s1. The van der Waals surface area contributed by atoms with Crippen LogP contribution in [0.2, 0.25) is 0 Å². The molecule has 2 atom stereocenters. The minimum absolute atomic E-state index is 0.0871. The van der Waals surface area contributed by atoms with E-state index in [1.807, 2.05) is 0 Å². The Morgan fingerprint density at radius 1 is 1.19 bits per heavy atom. The second kappa shape index (κ2) is 11.7. The number of thiophene rings is 1. The molecule has 1 aliphatic heterocycles. The molecule has 0 spiro atoms. The molecular weight excluding hydrogens is 579 g/mol. The fourth-order valence-corrected chi connectivity index (χ4v) is 7.38. The van der Waals surface area contributed by atoms with Gasteiger partial charge in [0, 0.05) is 19.2 Å². The molecule has 228 valence electrons. The van der Waals surface area contributed by atoms with Gasteiger partial charge in [0.25, 0.3) is 5.56 Å². The van der Waals surface area contributed by atoms with E-state index in [0.29, 0.717) is 71.1 Å². The zero-order valence-electron chi connectivity index (χ0n) is 24.1. The molecule has 13 heteroatoms. The lowest BCUT2D eigenvalue weighted by atomic mass is 9.94. The van der Waals surface area contributed by atoms with Gasteiger partial charge in [-0.25, -0.2) is 18.7 Å². The fourth-order valence-electron chi connectivity index (χ4n) is 6.13. The van der Waals surface area contributed by atoms with Gasteiger partial charge in [-0.1, -0.05) is 0 Å². The van der Waals surface area contributed by atoms with E-state index in [9.17, 15) is 23.9 Å². The number of hydrogen-bond donors (Lipinski definition) is 1. The number of hydrogen-bond acceptors (Lipinski definition) is 9. The number of carbonyl (C=O) groups is 1. The molecule has 0 unspecified atom stereocenters. The van der Waals surface area contributed by atoms with Crippen LogP contribution >= 0.6 is 11.3 Å². The number of likely N-dealkylation sites (tertiary alicyclic amines) is 1. The number of ether oxygens (including phenoxy) is 2. The van der Waals surface area contributed by atoms with E-state index < -0.39 is 35.3 Å². The van der Waals surface area contributed by atoms with Gasteiger partial charge in [-0.3, -0.25) is 14.2 Å². The minimum atomic E-state index is -0.951. The summed E-state index contributed by atoms with van der Waals surface area (Å²) in [7, 11) is 3.12. The van der Waals surface area contributed by atoms with E-state index >= 15 is 0 Å². The fraction of sp³-hybridized carbons (Fsp3) is 0.467. The van der Waals surface area contributed by atoms with Crippen LogP contribution in [0.5, 0.6) is 5.75 Å². The van der Waals surface area contributed by atoms with Crippen LogP contribution in [0.1, 0.15) is 55.4 Å². The van der Waals surface area contributed by atoms with Crippen molar-refractivity contribution in [2.45, 2.75) is 69.9 Å². The van der Waals surface area contributed by atoms with E-state index in [2.05, 4.69) is 4.98 Å². The number of aliphatic hydroxyl groups is 1. The normalized spacial score (nSPS) is 21.6.